The minimum absolute atomic E-state index is 0.0387. The summed E-state index contributed by atoms with van der Waals surface area (Å²) in [6.07, 6.45) is 6.82. The van der Waals surface area contributed by atoms with E-state index in [-0.39, 0.29) is 16.7 Å². The lowest BCUT2D eigenvalue weighted by atomic mass is 9.97. The van der Waals surface area contributed by atoms with Crippen LogP contribution in [0.3, 0.4) is 0 Å². The first kappa shape index (κ1) is 20.9. The molecule has 2 aromatic heterocycles. The van der Waals surface area contributed by atoms with Crippen molar-refractivity contribution in [3.8, 4) is 5.82 Å². The van der Waals surface area contributed by atoms with E-state index in [0.717, 1.165) is 30.8 Å². The van der Waals surface area contributed by atoms with Crippen LogP contribution in [0.5, 0.6) is 0 Å². The summed E-state index contributed by atoms with van der Waals surface area (Å²) >= 11 is 0. The van der Waals surface area contributed by atoms with Crippen molar-refractivity contribution in [2.45, 2.75) is 24.3 Å². The molecule has 0 spiro atoms. The van der Waals surface area contributed by atoms with Crippen molar-refractivity contribution < 1.29 is 13.2 Å². The number of anilines is 1. The van der Waals surface area contributed by atoms with Gasteiger partial charge in [0.25, 0.3) is 0 Å². The Kier molecular flexibility index (Phi) is 5.96. The van der Waals surface area contributed by atoms with Gasteiger partial charge in [0, 0.05) is 32.0 Å². The molecule has 3 N–H and O–H groups in total. The van der Waals surface area contributed by atoms with Crippen molar-refractivity contribution in [1.82, 2.24) is 25.1 Å². The Bertz CT molecular complexity index is 1130. The van der Waals surface area contributed by atoms with E-state index in [0.29, 0.717) is 18.9 Å². The second-order valence-electron chi connectivity index (χ2n) is 7.41. The summed E-state index contributed by atoms with van der Waals surface area (Å²) in [5.74, 6) is 1.22. The Hall–Kier alpha value is -3.31. The number of imidazole rings is 1. The number of nitrogens with two attached hydrogens (primary N) is 1. The van der Waals surface area contributed by atoms with Gasteiger partial charge in [-0.15, -0.1) is 10.2 Å². The summed E-state index contributed by atoms with van der Waals surface area (Å²) in [4.78, 5) is 18.8. The fraction of sp³-hybridized carbons (Fsp3) is 0.300. The number of benzene rings is 1. The third-order valence-electron chi connectivity index (χ3n) is 5.24. The number of amides is 1. The van der Waals surface area contributed by atoms with Gasteiger partial charge >= 0.3 is 0 Å². The SMILES string of the molecule is NS(=O)(=O)c1ccc(CNC(=O)[C@@H]2CCCN(c3ccc(-n4ccnc4)nn3)C2)cc1. The number of hydrogen-bond donors (Lipinski definition) is 2. The largest absolute Gasteiger partial charge is 0.354 e. The van der Waals surface area contributed by atoms with E-state index in [1.54, 1.807) is 35.4 Å². The van der Waals surface area contributed by atoms with Gasteiger partial charge in [0.15, 0.2) is 11.6 Å². The Morgan fingerprint density at radius 3 is 2.52 bits per heavy atom. The van der Waals surface area contributed by atoms with Crippen LogP contribution in [0.2, 0.25) is 0 Å². The van der Waals surface area contributed by atoms with E-state index < -0.39 is 10.0 Å². The lowest BCUT2D eigenvalue weighted by Crippen LogP contribution is -2.43. The molecule has 0 aliphatic carbocycles. The zero-order valence-corrected chi connectivity index (χ0v) is 17.6. The molecule has 3 heterocycles. The van der Waals surface area contributed by atoms with Crippen LogP contribution < -0.4 is 15.4 Å². The van der Waals surface area contributed by atoms with Crippen LogP contribution in [0.1, 0.15) is 18.4 Å². The minimum atomic E-state index is -3.72. The molecular weight excluding hydrogens is 418 g/mol. The van der Waals surface area contributed by atoms with E-state index in [1.165, 1.54) is 12.1 Å². The van der Waals surface area contributed by atoms with Crippen LogP contribution in [0.15, 0.2) is 60.0 Å². The third kappa shape index (κ3) is 5.06. The van der Waals surface area contributed by atoms with Crippen molar-refractivity contribution in [2.75, 3.05) is 18.0 Å². The standard InChI is InChI=1S/C20H23N7O3S/c21-31(29,30)17-5-3-15(4-6-17)12-23-20(28)16-2-1-10-26(13-16)18-7-8-19(25-24-18)27-11-9-22-14-27/h3-9,11,14,16H,1-2,10,12-13H2,(H,23,28)(H2,21,29,30)/t16-/m1/s1. The number of carbonyl (C=O) groups is 1. The quantitative estimate of drug-likeness (QED) is 0.578. The highest BCUT2D eigenvalue weighted by atomic mass is 32.2. The summed E-state index contributed by atoms with van der Waals surface area (Å²) < 4.78 is 24.4. The predicted molar refractivity (Wildman–Crippen MR) is 114 cm³/mol. The molecule has 1 aliphatic heterocycles. The Labute approximate surface area is 180 Å². The molecule has 0 unspecified atom stereocenters. The molecule has 1 fully saturated rings. The lowest BCUT2D eigenvalue weighted by Gasteiger charge is -2.32. The first-order valence-electron chi connectivity index (χ1n) is 9.86. The van der Waals surface area contributed by atoms with E-state index in [9.17, 15) is 13.2 Å². The average Bonchev–Trinajstić information content (AvgIpc) is 3.32. The highest BCUT2D eigenvalue weighted by Crippen LogP contribution is 2.22. The molecular formula is C20H23N7O3S. The average molecular weight is 442 g/mol. The maximum atomic E-state index is 12.7. The topological polar surface area (TPSA) is 136 Å². The van der Waals surface area contributed by atoms with Crippen molar-refractivity contribution >= 4 is 21.7 Å². The molecule has 0 radical (unpaired) electrons. The van der Waals surface area contributed by atoms with Crippen LogP contribution in [0, 0.1) is 5.92 Å². The molecule has 1 atom stereocenters. The van der Waals surface area contributed by atoms with Gasteiger partial charge in [0.2, 0.25) is 15.9 Å². The monoisotopic (exact) mass is 441 g/mol. The Morgan fingerprint density at radius 2 is 1.87 bits per heavy atom. The van der Waals surface area contributed by atoms with Crippen molar-refractivity contribution in [3.05, 3.63) is 60.7 Å². The Balaban J connectivity index is 1.34. The van der Waals surface area contributed by atoms with Crippen LogP contribution in [-0.4, -0.2) is 47.2 Å². The number of nitrogens with zero attached hydrogens (tertiary/aromatic N) is 5. The first-order chi connectivity index (χ1) is 14.9. The Morgan fingerprint density at radius 1 is 1.13 bits per heavy atom. The number of aromatic nitrogens is 4. The van der Waals surface area contributed by atoms with Gasteiger partial charge in [-0.3, -0.25) is 9.36 Å². The number of hydrogen-bond acceptors (Lipinski definition) is 7. The van der Waals surface area contributed by atoms with Crippen molar-refractivity contribution in [2.24, 2.45) is 11.1 Å². The fourth-order valence-corrected chi connectivity index (χ4v) is 4.06. The van der Waals surface area contributed by atoms with E-state index in [4.69, 9.17) is 5.14 Å². The molecule has 10 nitrogen and oxygen atoms in total. The van der Waals surface area contributed by atoms with Crippen LogP contribution in [0.25, 0.3) is 5.82 Å². The van der Waals surface area contributed by atoms with Crippen molar-refractivity contribution in [1.29, 1.82) is 0 Å². The highest BCUT2D eigenvalue weighted by Gasteiger charge is 2.26. The molecule has 162 valence electrons. The van der Waals surface area contributed by atoms with E-state index in [1.807, 2.05) is 12.1 Å². The second kappa shape index (κ2) is 8.82. The number of sulfonamides is 1. The van der Waals surface area contributed by atoms with Crippen LogP contribution >= 0.6 is 0 Å². The maximum Gasteiger partial charge on any atom is 0.238 e. The molecule has 0 saturated carbocycles. The highest BCUT2D eigenvalue weighted by molar-refractivity contribution is 7.89. The normalized spacial score (nSPS) is 16.8. The number of piperidine rings is 1. The zero-order valence-electron chi connectivity index (χ0n) is 16.8. The summed E-state index contributed by atoms with van der Waals surface area (Å²) in [5, 5.41) is 16.6. The molecule has 1 aromatic carbocycles. The molecule has 3 aromatic rings. The smallest absolute Gasteiger partial charge is 0.238 e. The zero-order chi connectivity index (χ0) is 21.8. The molecule has 1 saturated heterocycles. The van der Waals surface area contributed by atoms with Gasteiger partial charge in [-0.25, -0.2) is 18.5 Å². The molecule has 0 bridgehead atoms. The fourth-order valence-electron chi connectivity index (χ4n) is 3.55. The van der Waals surface area contributed by atoms with Crippen molar-refractivity contribution in [3.63, 3.8) is 0 Å². The van der Waals surface area contributed by atoms with E-state index in [2.05, 4.69) is 25.4 Å². The van der Waals surface area contributed by atoms with Gasteiger partial charge in [-0.05, 0) is 42.7 Å². The third-order valence-corrected chi connectivity index (χ3v) is 6.17. The van der Waals surface area contributed by atoms with Gasteiger partial charge in [0.05, 0.1) is 10.8 Å². The predicted octanol–water partition coefficient (Wildman–Crippen LogP) is 0.842. The molecule has 4 rings (SSSR count). The van der Waals surface area contributed by atoms with E-state index >= 15 is 0 Å². The first-order valence-corrected chi connectivity index (χ1v) is 11.4. The number of carbonyl (C=O) groups excluding carboxylic acids is 1. The molecule has 1 aliphatic rings. The second-order valence-corrected chi connectivity index (χ2v) is 8.97. The van der Waals surface area contributed by atoms with Gasteiger partial charge in [-0.2, -0.15) is 0 Å². The number of rotatable bonds is 6. The lowest BCUT2D eigenvalue weighted by molar-refractivity contribution is -0.125. The summed E-state index contributed by atoms with van der Waals surface area (Å²) in [6.45, 7) is 1.70. The number of primary sulfonamides is 1. The van der Waals surface area contributed by atoms with Gasteiger partial charge in [0.1, 0.15) is 6.33 Å². The maximum absolute atomic E-state index is 12.7. The van der Waals surface area contributed by atoms with Gasteiger partial charge < -0.3 is 10.2 Å². The molecule has 1 amide bonds. The van der Waals surface area contributed by atoms with Crippen LogP contribution in [-0.2, 0) is 21.4 Å². The summed E-state index contributed by atoms with van der Waals surface area (Å²) in [5.41, 5.74) is 0.800. The molecule has 31 heavy (non-hydrogen) atoms. The number of nitrogens with one attached hydrogen (secondary N) is 1. The minimum Gasteiger partial charge on any atom is -0.354 e. The summed E-state index contributed by atoms with van der Waals surface area (Å²) in [7, 11) is -3.72. The molecule has 11 heteroatoms. The summed E-state index contributed by atoms with van der Waals surface area (Å²) in [6, 6.07) is 9.93. The van der Waals surface area contributed by atoms with Crippen LogP contribution in [0.4, 0.5) is 5.82 Å². The van der Waals surface area contributed by atoms with Gasteiger partial charge in [-0.1, -0.05) is 12.1 Å².